The lowest BCUT2D eigenvalue weighted by atomic mass is 10.0. The van der Waals surface area contributed by atoms with Gasteiger partial charge in [0.15, 0.2) is 5.65 Å². The van der Waals surface area contributed by atoms with Gasteiger partial charge in [-0.2, -0.15) is 0 Å². The van der Waals surface area contributed by atoms with Crippen LogP contribution >= 0.6 is 0 Å². The summed E-state index contributed by atoms with van der Waals surface area (Å²) in [5.74, 6) is -0.369. The van der Waals surface area contributed by atoms with Crippen LogP contribution in [0.3, 0.4) is 0 Å². The van der Waals surface area contributed by atoms with E-state index in [2.05, 4.69) is 26.8 Å². The highest BCUT2D eigenvalue weighted by Crippen LogP contribution is 2.23. The number of carbonyl (C=O) groups is 1. The van der Waals surface area contributed by atoms with Crippen LogP contribution in [0.25, 0.3) is 33.3 Å². The fraction of sp³-hybridized carbons (Fsp3) is 0.192. The van der Waals surface area contributed by atoms with E-state index in [1.54, 1.807) is 23.9 Å². The van der Waals surface area contributed by atoms with Gasteiger partial charge in [-0.15, -0.1) is 5.10 Å². The number of hydrogen-bond acceptors (Lipinski definition) is 7. The Kier molecular flexibility index (Phi) is 6.17. The van der Waals surface area contributed by atoms with Crippen LogP contribution in [-0.4, -0.2) is 48.7 Å². The molecule has 0 saturated heterocycles. The topological polar surface area (TPSA) is 115 Å². The van der Waals surface area contributed by atoms with Gasteiger partial charge in [0.25, 0.3) is 5.91 Å². The quantitative estimate of drug-likeness (QED) is 0.352. The summed E-state index contributed by atoms with van der Waals surface area (Å²) in [5, 5.41) is 18.9. The minimum Gasteiger partial charge on any atom is -0.391 e. The molecule has 9 nitrogen and oxygen atoms in total. The molecule has 2 N–H and O–H groups in total. The summed E-state index contributed by atoms with van der Waals surface area (Å²) in [5.41, 5.74) is 8.65. The lowest BCUT2D eigenvalue weighted by Gasteiger charge is -2.10. The molecule has 0 aliphatic heterocycles. The Morgan fingerprint density at radius 1 is 1.11 bits per heavy atom. The van der Waals surface area contributed by atoms with E-state index in [4.69, 9.17) is 9.82 Å². The Hall–Kier alpha value is -4.21. The molecule has 1 atom stereocenters. The predicted octanol–water partition coefficient (Wildman–Crippen LogP) is 3.44. The minimum atomic E-state index is -0.666. The third kappa shape index (κ3) is 4.86. The van der Waals surface area contributed by atoms with Crippen molar-refractivity contribution < 1.29 is 14.7 Å². The number of amides is 1. The first kappa shape index (κ1) is 22.6. The predicted molar refractivity (Wildman–Crippen MR) is 131 cm³/mol. The molecule has 9 heteroatoms. The largest absolute Gasteiger partial charge is 0.391 e. The van der Waals surface area contributed by atoms with Gasteiger partial charge in [0.2, 0.25) is 0 Å². The zero-order chi connectivity index (χ0) is 24.4. The lowest BCUT2D eigenvalue weighted by molar-refractivity contribution is -0.00690. The standard InChI is InChI=1S/C26H24N6O3/c1-16-12-20(6-7-21(16)26(34)30-35-15-17(2)33)23-9-10-24-25(28-23)32(31-29-24)14-18-5-8-22-19(13-18)4-3-11-27-22/h3-13,17,33H,14-15H2,1-2H3,(H,30,34). The second-order valence-corrected chi connectivity index (χ2v) is 8.44. The number of hydrogen-bond donors (Lipinski definition) is 2. The van der Waals surface area contributed by atoms with Crippen molar-refractivity contribution in [1.29, 1.82) is 0 Å². The molecule has 1 unspecified atom stereocenters. The number of rotatable bonds is 7. The SMILES string of the molecule is Cc1cc(-c2ccc3nnn(Cc4ccc5ncccc5c4)c3n2)ccc1C(=O)NOCC(C)O. The van der Waals surface area contributed by atoms with Crippen molar-refractivity contribution in [2.75, 3.05) is 6.61 Å². The van der Waals surface area contributed by atoms with Gasteiger partial charge in [0, 0.05) is 22.7 Å². The maximum atomic E-state index is 12.4. The second kappa shape index (κ2) is 9.57. The Labute approximate surface area is 201 Å². The average molecular weight is 469 g/mol. The minimum absolute atomic E-state index is 0.0185. The van der Waals surface area contributed by atoms with E-state index in [0.717, 1.165) is 33.3 Å². The first-order valence-corrected chi connectivity index (χ1v) is 11.2. The first-order valence-electron chi connectivity index (χ1n) is 11.2. The van der Waals surface area contributed by atoms with Crippen molar-refractivity contribution in [1.82, 2.24) is 30.4 Å². The van der Waals surface area contributed by atoms with Crippen molar-refractivity contribution in [2.24, 2.45) is 0 Å². The number of aromatic nitrogens is 5. The second-order valence-electron chi connectivity index (χ2n) is 8.44. The Morgan fingerprint density at radius 2 is 1.97 bits per heavy atom. The van der Waals surface area contributed by atoms with Crippen LogP contribution in [0.4, 0.5) is 0 Å². The molecule has 2 aromatic carbocycles. The number of fused-ring (bicyclic) bond motifs is 2. The van der Waals surface area contributed by atoms with Crippen molar-refractivity contribution in [3.63, 3.8) is 0 Å². The van der Waals surface area contributed by atoms with E-state index in [1.807, 2.05) is 55.5 Å². The van der Waals surface area contributed by atoms with Gasteiger partial charge in [-0.3, -0.25) is 14.6 Å². The summed E-state index contributed by atoms with van der Waals surface area (Å²) < 4.78 is 1.78. The highest BCUT2D eigenvalue weighted by Gasteiger charge is 2.13. The molecule has 176 valence electrons. The van der Waals surface area contributed by atoms with Crippen LogP contribution in [0.1, 0.15) is 28.4 Å². The Morgan fingerprint density at radius 3 is 2.80 bits per heavy atom. The average Bonchev–Trinajstić information content (AvgIpc) is 3.25. The maximum Gasteiger partial charge on any atom is 0.275 e. The molecule has 3 aromatic heterocycles. The number of carbonyl (C=O) groups excluding carboxylic acids is 1. The van der Waals surface area contributed by atoms with E-state index < -0.39 is 6.10 Å². The van der Waals surface area contributed by atoms with Crippen LogP contribution in [0.2, 0.25) is 0 Å². The number of nitrogens with one attached hydrogen (secondary N) is 1. The monoisotopic (exact) mass is 468 g/mol. The third-order valence-corrected chi connectivity index (χ3v) is 5.62. The molecule has 0 saturated carbocycles. The van der Waals surface area contributed by atoms with E-state index in [-0.39, 0.29) is 12.5 Å². The molecule has 0 aliphatic carbocycles. The highest BCUT2D eigenvalue weighted by molar-refractivity contribution is 5.95. The van der Waals surface area contributed by atoms with Crippen LogP contribution in [0.5, 0.6) is 0 Å². The molecular weight excluding hydrogens is 444 g/mol. The molecule has 35 heavy (non-hydrogen) atoms. The lowest BCUT2D eigenvalue weighted by Crippen LogP contribution is -2.27. The van der Waals surface area contributed by atoms with Crippen molar-refractivity contribution in [3.05, 3.63) is 83.6 Å². The summed E-state index contributed by atoms with van der Waals surface area (Å²) in [6.45, 7) is 3.98. The smallest absolute Gasteiger partial charge is 0.275 e. The van der Waals surface area contributed by atoms with Gasteiger partial charge < -0.3 is 5.11 Å². The zero-order valence-corrected chi connectivity index (χ0v) is 19.3. The highest BCUT2D eigenvalue weighted by atomic mass is 16.7. The van der Waals surface area contributed by atoms with E-state index in [9.17, 15) is 9.90 Å². The zero-order valence-electron chi connectivity index (χ0n) is 19.3. The van der Waals surface area contributed by atoms with Crippen LogP contribution in [-0.2, 0) is 11.4 Å². The van der Waals surface area contributed by atoms with Crippen molar-refractivity contribution in [2.45, 2.75) is 26.5 Å². The number of aryl methyl sites for hydroxylation is 1. The number of nitrogens with zero attached hydrogens (tertiary/aromatic N) is 5. The molecule has 0 aliphatic rings. The van der Waals surface area contributed by atoms with Gasteiger partial charge in [0.1, 0.15) is 12.1 Å². The third-order valence-electron chi connectivity index (χ3n) is 5.62. The van der Waals surface area contributed by atoms with Crippen LogP contribution < -0.4 is 5.48 Å². The Balaban J connectivity index is 1.40. The molecule has 0 spiro atoms. The van der Waals surface area contributed by atoms with Gasteiger partial charge in [0.05, 0.1) is 23.9 Å². The van der Waals surface area contributed by atoms with E-state index in [1.165, 1.54) is 0 Å². The Bertz CT molecular complexity index is 1530. The van der Waals surface area contributed by atoms with Gasteiger partial charge in [-0.25, -0.2) is 15.1 Å². The fourth-order valence-corrected chi connectivity index (χ4v) is 3.88. The van der Waals surface area contributed by atoms with Gasteiger partial charge >= 0.3 is 0 Å². The first-order chi connectivity index (χ1) is 17.0. The molecule has 0 bridgehead atoms. The molecule has 3 heterocycles. The van der Waals surface area contributed by atoms with Gasteiger partial charge in [-0.1, -0.05) is 23.4 Å². The van der Waals surface area contributed by atoms with Crippen LogP contribution in [0.15, 0.2) is 66.9 Å². The summed E-state index contributed by atoms with van der Waals surface area (Å²) in [6.07, 6.45) is 1.12. The summed E-state index contributed by atoms with van der Waals surface area (Å²) in [7, 11) is 0. The number of aliphatic hydroxyl groups excluding tert-OH is 1. The molecule has 5 rings (SSSR count). The summed E-state index contributed by atoms with van der Waals surface area (Å²) in [6, 6.07) is 19.3. The number of pyridine rings is 2. The van der Waals surface area contributed by atoms with E-state index >= 15 is 0 Å². The fourth-order valence-electron chi connectivity index (χ4n) is 3.88. The number of aliphatic hydroxyl groups is 1. The molecule has 0 radical (unpaired) electrons. The summed E-state index contributed by atoms with van der Waals surface area (Å²) >= 11 is 0. The van der Waals surface area contributed by atoms with Gasteiger partial charge in [-0.05, 0) is 67.4 Å². The molecule has 5 aromatic rings. The van der Waals surface area contributed by atoms with Crippen LogP contribution in [0, 0.1) is 6.92 Å². The van der Waals surface area contributed by atoms with E-state index in [0.29, 0.717) is 23.3 Å². The number of benzene rings is 2. The number of hydroxylamine groups is 1. The molecule has 0 fully saturated rings. The maximum absolute atomic E-state index is 12.4. The normalized spacial score (nSPS) is 12.2. The van der Waals surface area contributed by atoms with Crippen molar-refractivity contribution >= 4 is 28.0 Å². The summed E-state index contributed by atoms with van der Waals surface area (Å²) in [4.78, 5) is 26.6. The molecular formula is C26H24N6O3. The van der Waals surface area contributed by atoms with Crippen molar-refractivity contribution in [3.8, 4) is 11.3 Å². The molecule has 1 amide bonds.